The number of hydrogen-bond acceptors (Lipinski definition) is 3. The van der Waals surface area contributed by atoms with Gasteiger partial charge >= 0.3 is 5.82 Å². The van der Waals surface area contributed by atoms with Gasteiger partial charge in [-0.15, -0.1) is 0 Å². The number of benzene rings is 1. The van der Waals surface area contributed by atoms with Gasteiger partial charge < -0.3 is 10.1 Å². The highest BCUT2D eigenvalue weighted by Gasteiger charge is 2.14. The maximum Gasteiger partial charge on any atom is 0.389 e. The average molecular weight is 256 g/mol. The molecule has 0 saturated heterocycles. The van der Waals surface area contributed by atoms with Gasteiger partial charge in [-0.3, -0.25) is 0 Å². The lowest BCUT2D eigenvalue weighted by Crippen LogP contribution is -2.04. The van der Waals surface area contributed by atoms with Gasteiger partial charge in [0.15, 0.2) is 0 Å². The van der Waals surface area contributed by atoms with E-state index in [1.807, 2.05) is 0 Å². The van der Waals surface area contributed by atoms with Crippen molar-refractivity contribution in [3.05, 3.63) is 57.0 Å². The summed E-state index contributed by atoms with van der Waals surface area (Å²) in [4.78, 5) is 9.82. The second-order valence-electron chi connectivity index (χ2n) is 3.33. The fraction of sp³-hybridized carbons (Fsp3) is 0.100. The van der Waals surface area contributed by atoms with Gasteiger partial charge in [-0.2, -0.15) is 4.68 Å². The predicted octanol–water partition coefficient (Wildman–Crippen LogP) is 2.63. The van der Waals surface area contributed by atoms with Crippen LogP contribution >= 0.6 is 11.6 Å². The largest absolute Gasteiger partial charge is 0.389 e. The summed E-state index contributed by atoms with van der Waals surface area (Å²) in [5, 5.41) is 14.4. The fourth-order valence-corrected chi connectivity index (χ4v) is 1.60. The SMILES string of the molecule is O=[N+]([O-])c1ccn(Cc2c(F)cccc2Cl)n1. The molecule has 0 N–H and O–H groups in total. The maximum atomic E-state index is 13.4. The Kier molecular flexibility index (Phi) is 3.06. The first-order valence-electron chi connectivity index (χ1n) is 4.68. The number of nitro groups is 1. The molecule has 2 aromatic rings. The summed E-state index contributed by atoms with van der Waals surface area (Å²) < 4.78 is 14.7. The van der Waals surface area contributed by atoms with Crippen molar-refractivity contribution in [2.45, 2.75) is 6.54 Å². The third kappa shape index (κ3) is 2.42. The molecule has 1 heterocycles. The van der Waals surface area contributed by atoms with Crippen molar-refractivity contribution >= 4 is 17.4 Å². The number of nitrogens with zero attached hydrogens (tertiary/aromatic N) is 3. The standard InChI is InChI=1S/C10H7ClFN3O2/c11-8-2-1-3-9(12)7(8)6-14-5-4-10(13-14)15(16)17/h1-5H,6H2. The van der Waals surface area contributed by atoms with E-state index in [2.05, 4.69) is 5.10 Å². The van der Waals surface area contributed by atoms with Crippen LogP contribution in [-0.4, -0.2) is 14.7 Å². The summed E-state index contributed by atoms with van der Waals surface area (Å²) in [7, 11) is 0. The van der Waals surface area contributed by atoms with E-state index in [1.165, 1.54) is 29.1 Å². The monoisotopic (exact) mass is 255 g/mol. The van der Waals surface area contributed by atoms with Crippen LogP contribution in [0.4, 0.5) is 10.2 Å². The third-order valence-corrected chi connectivity index (χ3v) is 2.55. The van der Waals surface area contributed by atoms with Gasteiger partial charge in [-0.25, -0.2) is 4.39 Å². The lowest BCUT2D eigenvalue weighted by atomic mass is 10.2. The topological polar surface area (TPSA) is 61.0 Å². The summed E-state index contributed by atoms with van der Waals surface area (Å²) in [6.45, 7) is 0.0549. The van der Waals surface area contributed by atoms with Crippen molar-refractivity contribution in [2.24, 2.45) is 0 Å². The first kappa shape index (κ1) is 11.5. The van der Waals surface area contributed by atoms with E-state index in [1.54, 1.807) is 6.07 Å². The van der Waals surface area contributed by atoms with E-state index in [-0.39, 0.29) is 22.9 Å². The number of aromatic nitrogens is 2. The summed E-state index contributed by atoms with van der Waals surface area (Å²) >= 11 is 5.83. The molecule has 0 bridgehead atoms. The molecule has 0 fully saturated rings. The van der Waals surface area contributed by atoms with E-state index in [9.17, 15) is 14.5 Å². The molecule has 0 aliphatic carbocycles. The first-order valence-corrected chi connectivity index (χ1v) is 5.06. The molecule has 7 heteroatoms. The minimum atomic E-state index is -0.612. The molecule has 5 nitrogen and oxygen atoms in total. The van der Waals surface area contributed by atoms with Crippen molar-refractivity contribution in [3.63, 3.8) is 0 Å². The molecule has 0 atom stereocenters. The second-order valence-corrected chi connectivity index (χ2v) is 3.74. The average Bonchev–Trinajstić information content (AvgIpc) is 2.72. The minimum absolute atomic E-state index is 0.0549. The molecular weight excluding hydrogens is 249 g/mol. The van der Waals surface area contributed by atoms with Gasteiger partial charge in [0.25, 0.3) is 0 Å². The van der Waals surface area contributed by atoms with Crippen molar-refractivity contribution in [1.82, 2.24) is 9.78 Å². The Bertz CT molecular complexity index is 550. The lowest BCUT2D eigenvalue weighted by Gasteiger charge is -2.03. The Morgan fingerprint density at radius 2 is 2.24 bits per heavy atom. The molecule has 0 aliphatic heterocycles. The highest BCUT2D eigenvalue weighted by atomic mass is 35.5. The van der Waals surface area contributed by atoms with Gasteiger partial charge in [0.05, 0.1) is 23.9 Å². The Morgan fingerprint density at radius 1 is 1.47 bits per heavy atom. The molecule has 0 amide bonds. The van der Waals surface area contributed by atoms with Crippen LogP contribution in [0.3, 0.4) is 0 Å². The van der Waals surface area contributed by atoms with Crippen LogP contribution in [0.1, 0.15) is 5.56 Å². The Balaban J connectivity index is 2.28. The van der Waals surface area contributed by atoms with Crippen molar-refractivity contribution < 1.29 is 9.31 Å². The number of rotatable bonds is 3. The lowest BCUT2D eigenvalue weighted by molar-refractivity contribution is -0.389. The molecule has 0 unspecified atom stereocenters. The van der Waals surface area contributed by atoms with Crippen LogP contribution in [0.15, 0.2) is 30.5 Å². The first-order chi connectivity index (χ1) is 8.08. The van der Waals surface area contributed by atoms with Crippen molar-refractivity contribution in [2.75, 3.05) is 0 Å². The van der Waals surface area contributed by atoms with E-state index in [4.69, 9.17) is 11.6 Å². The predicted molar refractivity (Wildman–Crippen MR) is 59.4 cm³/mol. The molecule has 17 heavy (non-hydrogen) atoms. The minimum Gasteiger partial charge on any atom is -0.358 e. The zero-order chi connectivity index (χ0) is 12.4. The van der Waals surface area contributed by atoms with E-state index in [0.717, 1.165) is 0 Å². The zero-order valence-electron chi connectivity index (χ0n) is 8.51. The van der Waals surface area contributed by atoms with Gasteiger partial charge in [-0.05, 0) is 17.1 Å². The molecule has 0 saturated carbocycles. The number of hydrogen-bond donors (Lipinski definition) is 0. The summed E-state index contributed by atoms with van der Waals surface area (Å²) in [5.74, 6) is -0.742. The normalized spacial score (nSPS) is 10.5. The summed E-state index contributed by atoms with van der Waals surface area (Å²) in [5.41, 5.74) is 0.257. The molecule has 1 aromatic carbocycles. The van der Waals surface area contributed by atoms with Crippen LogP contribution in [-0.2, 0) is 6.54 Å². The summed E-state index contributed by atoms with van der Waals surface area (Å²) in [6, 6.07) is 5.57. The maximum absolute atomic E-state index is 13.4. The van der Waals surface area contributed by atoms with Crippen LogP contribution in [0.2, 0.25) is 5.02 Å². The van der Waals surface area contributed by atoms with E-state index in [0.29, 0.717) is 0 Å². The smallest absolute Gasteiger partial charge is 0.358 e. The van der Waals surface area contributed by atoms with Crippen LogP contribution in [0.25, 0.3) is 0 Å². The van der Waals surface area contributed by atoms with Crippen LogP contribution in [0, 0.1) is 15.9 Å². The van der Waals surface area contributed by atoms with Gasteiger partial charge in [-0.1, -0.05) is 17.7 Å². The molecule has 88 valence electrons. The number of halogens is 2. The molecule has 1 aromatic heterocycles. The van der Waals surface area contributed by atoms with Crippen molar-refractivity contribution in [1.29, 1.82) is 0 Å². The van der Waals surface area contributed by atoms with Gasteiger partial charge in [0.2, 0.25) is 0 Å². The summed E-state index contributed by atoms with van der Waals surface area (Å²) in [6.07, 6.45) is 1.40. The highest BCUT2D eigenvalue weighted by Crippen LogP contribution is 2.20. The van der Waals surface area contributed by atoms with Crippen LogP contribution < -0.4 is 0 Å². The van der Waals surface area contributed by atoms with Crippen LogP contribution in [0.5, 0.6) is 0 Å². The quantitative estimate of drug-likeness (QED) is 0.626. The zero-order valence-corrected chi connectivity index (χ0v) is 9.26. The highest BCUT2D eigenvalue weighted by molar-refractivity contribution is 6.31. The second kappa shape index (κ2) is 4.50. The fourth-order valence-electron chi connectivity index (χ4n) is 1.38. The molecule has 0 aliphatic rings. The van der Waals surface area contributed by atoms with Crippen molar-refractivity contribution in [3.8, 4) is 0 Å². The molecule has 0 radical (unpaired) electrons. The molecular formula is C10H7ClFN3O2. The van der Waals surface area contributed by atoms with E-state index >= 15 is 0 Å². The Morgan fingerprint density at radius 3 is 2.82 bits per heavy atom. The van der Waals surface area contributed by atoms with Gasteiger partial charge in [0, 0.05) is 10.6 Å². The van der Waals surface area contributed by atoms with Gasteiger partial charge in [0.1, 0.15) is 5.82 Å². The Labute approximate surface area is 101 Å². The molecule has 2 rings (SSSR count). The third-order valence-electron chi connectivity index (χ3n) is 2.20. The molecule has 0 spiro atoms. The van der Waals surface area contributed by atoms with E-state index < -0.39 is 10.7 Å². The Hall–Kier alpha value is -1.95.